The van der Waals surface area contributed by atoms with Crippen LogP contribution in [0.15, 0.2) is 42.5 Å². The number of anilines is 1. The molecule has 0 fully saturated rings. The van der Waals surface area contributed by atoms with E-state index in [-0.39, 0.29) is 16.8 Å². The van der Waals surface area contributed by atoms with Gasteiger partial charge in [0.25, 0.3) is 6.43 Å². The molecule has 0 bridgehead atoms. The summed E-state index contributed by atoms with van der Waals surface area (Å²) in [5, 5.41) is 5.68. The maximum atomic E-state index is 13.5. The Balaban J connectivity index is 1.98. The Morgan fingerprint density at radius 1 is 1.07 bits per heavy atom. The quantitative estimate of drug-likeness (QED) is 0.468. The van der Waals surface area contributed by atoms with Gasteiger partial charge in [-0.05, 0) is 29.8 Å². The standard InChI is InChI=1S/C18H11F6N3O/c19-8-10-7-15(17(23)24)26-27(10)18(28)25-14-4-2-1-3-11(14)9-5-12(20)16(22)13(21)6-9/h1-7,17H,8H2,(H,25,28). The fraction of sp³-hybridized carbons (Fsp3) is 0.111. The lowest BCUT2D eigenvalue weighted by Gasteiger charge is -2.12. The fourth-order valence-electron chi connectivity index (χ4n) is 2.54. The molecule has 0 aliphatic rings. The number of carbonyl (C=O) groups is 1. The normalized spacial score (nSPS) is 11.1. The molecule has 0 saturated heterocycles. The van der Waals surface area contributed by atoms with Crippen LogP contribution in [0.2, 0.25) is 0 Å². The Kier molecular flexibility index (Phi) is 5.39. The van der Waals surface area contributed by atoms with Crippen LogP contribution in [0.3, 0.4) is 0 Å². The van der Waals surface area contributed by atoms with E-state index >= 15 is 0 Å². The summed E-state index contributed by atoms with van der Waals surface area (Å²) in [4.78, 5) is 12.4. The second-order valence-corrected chi connectivity index (χ2v) is 5.64. The molecule has 0 unspecified atom stereocenters. The first-order valence-electron chi connectivity index (χ1n) is 7.80. The van der Waals surface area contributed by atoms with Crippen molar-refractivity contribution >= 4 is 11.7 Å². The number of alkyl halides is 3. The van der Waals surface area contributed by atoms with E-state index in [0.717, 1.165) is 18.2 Å². The zero-order valence-electron chi connectivity index (χ0n) is 13.9. The van der Waals surface area contributed by atoms with E-state index < -0.39 is 48.0 Å². The summed E-state index contributed by atoms with van der Waals surface area (Å²) in [6.45, 7) is -1.22. The van der Waals surface area contributed by atoms with Crippen LogP contribution in [0.25, 0.3) is 11.1 Å². The highest BCUT2D eigenvalue weighted by Crippen LogP contribution is 2.30. The second-order valence-electron chi connectivity index (χ2n) is 5.64. The minimum atomic E-state index is -3.00. The number of amides is 1. The summed E-state index contributed by atoms with van der Waals surface area (Å²) in [6.07, 6.45) is -3.00. The van der Waals surface area contributed by atoms with Crippen molar-refractivity contribution in [2.45, 2.75) is 13.1 Å². The molecule has 10 heteroatoms. The predicted molar refractivity (Wildman–Crippen MR) is 88.2 cm³/mol. The Labute approximate surface area is 154 Å². The highest BCUT2D eigenvalue weighted by molar-refractivity contribution is 5.95. The zero-order chi connectivity index (χ0) is 20.4. The number of carbonyl (C=O) groups excluding carboxylic acids is 1. The molecule has 1 aromatic heterocycles. The summed E-state index contributed by atoms with van der Waals surface area (Å²) in [5.41, 5.74) is -1.11. The third-order valence-corrected chi connectivity index (χ3v) is 3.82. The van der Waals surface area contributed by atoms with E-state index in [1.54, 1.807) is 0 Å². The van der Waals surface area contributed by atoms with Crippen LogP contribution in [-0.4, -0.2) is 15.8 Å². The smallest absolute Gasteiger partial charge is 0.305 e. The van der Waals surface area contributed by atoms with Crippen LogP contribution in [-0.2, 0) is 6.67 Å². The molecule has 146 valence electrons. The number of hydrogen-bond donors (Lipinski definition) is 1. The summed E-state index contributed by atoms with van der Waals surface area (Å²) in [5.74, 6) is -4.50. The van der Waals surface area contributed by atoms with Crippen molar-refractivity contribution in [2.24, 2.45) is 0 Å². The number of nitrogens with one attached hydrogen (secondary N) is 1. The van der Waals surface area contributed by atoms with Gasteiger partial charge < -0.3 is 5.32 Å². The topological polar surface area (TPSA) is 46.9 Å². The average Bonchev–Trinajstić information content (AvgIpc) is 3.11. The van der Waals surface area contributed by atoms with E-state index in [1.807, 2.05) is 0 Å². The molecule has 1 amide bonds. The highest BCUT2D eigenvalue weighted by atomic mass is 19.3. The summed E-state index contributed by atoms with van der Waals surface area (Å²) in [6, 6.07) is 6.90. The number of nitrogens with zero attached hydrogens (tertiary/aromatic N) is 2. The molecule has 0 aliphatic carbocycles. The fourth-order valence-corrected chi connectivity index (χ4v) is 2.54. The van der Waals surface area contributed by atoms with Gasteiger partial charge in [-0.25, -0.2) is 31.1 Å². The minimum absolute atomic E-state index is 0.0248. The first-order valence-corrected chi connectivity index (χ1v) is 7.80. The largest absolute Gasteiger partial charge is 0.346 e. The van der Waals surface area contributed by atoms with E-state index in [0.29, 0.717) is 4.68 Å². The molecule has 0 radical (unpaired) electrons. The van der Waals surface area contributed by atoms with E-state index in [2.05, 4.69) is 10.4 Å². The number of halogens is 6. The molecule has 1 heterocycles. The van der Waals surface area contributed by atoms with Crippen molar-refractivity contribution in [3.05, 3.63) is 71.3 Å². The van der Waals surface area contributed by atoms with Crippen LogP contribution in [0.1, 0.15) is 17.8 Å². The van der Waals surface area contributed by atoms with E-state index in [4.69, 9.17) is 0 Å². The first kappa shape index (κ1) is 19.5. The predicted octanol–water partition coefficient (Wildman–Crippen LogP) is 5.45. The van der Waals surface area contributed by atoms with Gasteiger partial charge in [-0.3, -0.25) is 0 Å². The molecular formula is C18H11F6N3O. The molecule has 0 aliphatic heterocycles. The van der Waals surface area contributed by atoms with Crippen LogP contribution < -0.4 is 5.32 Å². The monoisotopic (exact) mass is 399 g/mol. The van der Waals surface area contributed by atoms with Crippen molar-refractivity contribution in [1.29, 1.82) is 0 Å². The molecule has 4 nitrogen and oxygen atoms in total. The molecule has 1 N–H and O–H groups in total. The third kappa shape index (κ3) is 3.71. The van der Waals surface area contributed by atoms with Gasteiger partial charge in [0.15, 0.2) is 17.5 Å². The highest BCUT2D eigenvalue weighted by Gasteiger charge is 2.21. The minimum Gasteiger partial charge on any atom is -0.305 e. The zero-order valence-corrected chi connectivity index (χ0v) is 13.9. The summed E-state index contributed by atoms with van der Waals surface area (Å²) >= 11 is 0. The molecule has 3 aromatic rings. The van der Waals surface area contributed by atoms with Crippen LogP contribution in [0.5, 0.6) is 0 Å². The number of rotatable bonds is 4. The lowest BCUT2D eigenvalue weighted by molar-refractivity contribution is 0.145. The number of para-hydroxylation sites is 1. The summed E-state index contributed by atoms with van der Waals surface area (Å²) < 4.78 is 79.2. The van der Waals surface area contributed by atoms with Gasteiger partial charge in [0.05, 0.1) is 11.4 Å². The molecule has 2 aromatic carbocycles. The second kappa shape index (κ2) is 7.75. The Bertz CT molecular complexity index is 1010. The lowest BCUT2D eigenvalue weighted by Crippen LogP contribution is -2.23. The van der Waals surface area contributed by atoms with E-state index in [9.17, 15) is 31.1 Å². The van der Waals surface area contributed by atoms with Crippen molar-refractivity contribution in [3.63, 3.8) is 0 Å². The molecule has 0 spiro atoms. The number of aromatic nitrogens is 2. The van der Waals surface area contributed by atoms with E-state index in [1.165, 1.54) is 24.3 Å². The van der Waals surface area contributed by atoms with Gasteiger partial charge in [-0.15, -0.1) is 0 Å². The lowest BCUT2D eigenvalue weighted by atomic mass is 10.0. The molecule has 28 heavy (non-hydrogen) atoms. The third-order valence-electron chi connectivity index (χ3n) is 3.82. The summed E-state index contributed by atoms with van der Waals surface area (Å²) in [7, 11) is 0. The van der Waals surface area contributed by atoms with Crippen molar-refractivity contribution in [2.75, 3.05) is 5.32 Å². The molecule has 0 saturated carbocycles. The SMILES string of the molecule is O=C(Nc1ccccc1-c1cc(F)c(F)c(F)c1)n1nc(C(F)F)cc1CF. The van der Waals surface area contributed by atoms with Gasteiger partial charge in [-0.1, -0.05) is 18.2 Å². The maximum absolute atomic E-state index is 13.5. The van der Waals surface area contributed by atoms with Gasteiger partial charge >= 0.3 is 6.03 Å². The van der Waals surface area contributed by atoms with Gasteiger partial charge in [0.1, 0.15) is 12.4 Å². The average molecular weight is 399 g/mol. The first-order chi connectivity index (χ1) is 13.3. The van der Waals surface area contributed by atoms with Crippen molar-refractivity contribution in [3.8, 4) is 11.1 Å². The molecular weight excluding hydrogens is 388 g/mol. The van der Waals surface area contributed by atoms with Crippen LogP contribution >= 0.6 is 0 Å². The Morgan fingerprint density at radius 3 is 2.32 bits per heavy atom. The maximum Gasteiger partial charge on any atom is 0.346 e. The Morgan fingerprint density at radius 2 is 1.71 bits per heavy atom. The van der Waals surface area contributed by atoms with Crippen LogP contribution in [0.4, 0.5) is 36.8 Å². The molecule has 3 rings (SSSR count). The molecule has 0 atom stereocenters. The van der Waals surface area contributed by atoms with Gasteiger partial charge in [-0.2, -0.15) is 9.78 Å². The van der Waals surface area contributed by atoms with Gasteiger partial charge in [0.2, 0.25) is 0 Å². The van der Waals surface area contributed by atoms with Crippen molar-refractivity contribution in [1.82, 2.24) is 9.78 Å². The van der Waals surface area contributed by atoms with Crippen molar-refractivity contribution < 1.29 is 31.1 Å². The number of hydrogen-bond acceptors (Lipinski definition) is 2. The van der Waals surface area contributed by atoms with Crippen LogP contribution in [0, 0.1) is 17.5 Å². The van der Waals surface area contributed by atoms with Gasteiger partial charge in [0, 0.05) is 5.56 Å². The Hall–Kier alpha value is -3.30. The number of benzene rings is 2.